The number of hydrogen-bond donors (Lipinski definition) is 1. The van der Waals surface area contributed by atoms with E-state index in [1.807, 2.05) is 0 Å². The second-order valence-electron chi connectivity index (χ2n) is 3.33. The van der Waals surface area contributed by atoms with Gasteiger partial charge < -0.3 is 5.11 Å². The van der Waals surface area contributed by atoms with Crippen molar-refractivity contribution in [2.24, 2.45) is 0 Å². The first-order chi connectivity index (χ1) is 7.91. The van der Waals surface area contributed by atoms with Gasteiger partial charge in [-0.2, -0.15) is 26.3 Å². The summed E-state index contributed by atoms with van der Waals surface area (Å²) in [4.78, 5) is 0. The van der Waals surface area contributed by atoms with E-state index in [0.717, 1.165) is 0 Å². The van der Waals surface area contributed by atoms with Gasteiger partial charge in [-0.1, -0.05) is 6.07 Å². The zero-order chi connectivity index (χ0) is 14.4. The van der Waals surface area contributed by atoms with E-state index in [1.54, 1.807) is 0 Å². The van der Waals surface area contributed by atoms with Crippen LogP contribution in [0, 0.1) is 9.39 Å². The van der Waals surface area contributed by atoms with Crippen LogP contribution in [0.3, 0.4) is 0 Å². The van der Waals surface area contributed by atoms with Crippen molar-refractivity contribution in [3.8, 4) is 0 Å². The van der Waals surface area contributed by atoms with Crippen LogP contribution in [0.2, 0.25) is 0 Å². The van der Waals surface area contributed by atoms with Crippen molar-refractivity contribution in [1.29, 1.82) is 0 Å². The highest BCUT2D eigenvalue weighted by Gasteiger charge is 2.71. The van der Waals surface area contributed by atoms with Crippen LogP contribution in [-0.4, -0.2) is 17.5 Å². The van der Waals surface area contributed by atoms with Crippen LogP contribution in [0.25, 0.3) is 0 Å². The molecule has 102 valence electrons. The maximum Gasteiger partial charge on any atom is 0.430 e. The number of hydrogen-bond acceptors (Lipinski definition) is 1. The molecule has 0 saturated heterocycles. The molecule has 1 N–H and O–H groups in total. The Labute approximate surface area is 110 Å². The van der Waals surface area contributed by atoms with Gasteiger partial charge in [0, 0.05) is 9.13 Å². The van der Waals surface area contributed by atoms with E-state index in [2.05, 4.69) is 0 Å². The van der Waals surface area contributed by atoms with E-state index in [9.17, 15) is 30.7 Å². The molecule has 0 aliphatic rings. The third kappa shape index (κ3) is 2.42. The lowest BCUT2D eigenvalue weighted by Crippen LogP contribution is -2.54. The van der Waals surface area contributed by atoms with Gasteiger partial charge in [0.1, 0.15) is 5.82 Å². The lowest BCUT2D eigenvalue weighted by Gasteiger charge is -2.32. The van der Waals surface area contributed by atoms with E-state index >= 15 is 0 Å². The molecule has 0 fully saturated rings. The van der Waals surface area contributed by atoms with Gasteiger partial charge in [-0.3, -0.25) is 0 Å². The molecule has 1 nitrogen and oxygen atoms in total. The Morgan fingerprint density at radius 1 is 0.944 bits per heavy atom. The molecule has 0 aromatic heterocycles. The Morgan fingerprint density at radius 3 is 1.72 bits per heavy atom. The standard InChI is InChI=1S/C9H4F7IO/c10-5-3-4(1-2-6(5)17)7(18,8(11,12)13)9(14,15)16/h1-3,18H. The summed E-state index contributed by atoms with van der Waals surface area (Å²) in [5.41, 5.74) is -6.70. The fourth-order valence-corrected chi connectivity index (χ4v) is 1.54. The Hall–Kier alpha value is -0.580. The maximum absolute atomic E-state index is 13.0. The van der Waals surface area contributed by atoms with Crippen LogP contribution in [0.1, 0.15) is 5.56 Å². The molecule has 0 saturated carbocycles. The summed E-state index contributed by atoms with van der Waals surface area (Å²) in [6.45, 7) is 0. The highest BCUT2D eigenvalue weighted by atomic mass is 127. The molecule has 18 heavy (non-hydrogen) atoms. The lowest BCUT2D eigenvalue weighted by atomic mass is 9.92. The average molecular weight is 388 g/mol. The highest BCUT2D eigenvalue weighted by molar-refractivity contribution is 14.1. The van der Waals surface area contributed by atoms with Crippen LogP contribution in [-0.2, 0) is 5.60 Å². The minimum absolute atomic E-state index is 0.0166. The molecule has 1 aromatic carbocycles. The zero-order valence-electron chi connectivity index (χ0n) is 8.20. The minimum atomic E-state index is -6.01. The number of aliphatic hydroxyl groups is 1. The molecular formula is C9H4F7IO. The third-order valence-electron chi connectivity index (χ3n) is 2.16. The van der Waals surface area contributed by atoms with Crippen molar-refractivity contribution < 1.29 is 35.8 Å². The van der Waals surface area contributed by atoms with Gasteiger partial charge in [-0.25, -0.2) is 4.39 Å². The van der Waals surface area contributed by atoms with Crippen LogP contribution < -0.4 is 0 Å². The van der Waals surface area contributed by atoms with Crippen molar-refractivity contribution in [3.05, 3.63) is 33.1 Å². The van der Waals surface area contributed by atoms with Crippen LogP contribution in [0.5, 0.6) is 0 Å². The molecule has 0 aliphatic heterocycles. The number of rotatable bonds is 1. The molecule has 0 aliphatic carbocycles. The van der Waals surface area contributed by atoms with E-state index in [4.69, 9.17) is 5.11 Å². The second-order valence-corrected chi connectivity index (χ2v) is 4.50. The molecule has 0 unspecified atom stereocenters. The SMILES string of the molecule is OC(c1ccc(I)c(F)c1)(C(F)(F)F)C(F)(F)F. The van der Waals surface area contributed by atoms with Gasteiger partial charge in [0.05, 0.1) is 0 Å². The Morgan fingerprint density at radius 2 is 1.39 bits per heavy atom. The molecule has 0 heterocycles. The first kappa shape index (κ1) is 15.5. The van der Waals surface area contributed by atoms with Gasteiger partial charge in [0.15, 0.2) is 0 Å². The number of alkyl halides is 6. The Kier molecular flexibility index (Phi) is 3.88. The molecule has 0 atom stereocenters. The predicted molar refractivity (Wildman–Crippen MR) is 55.1 cm³/mol. The van der Waals surface area contributed by atoms with E-state index in [1.165, 1.54) is 22.6 Å². The fraction of sp³-hybridized carbons (Fsp3) is 0.333. The van der Waals surface area contributed by atoms with Gasteiger partial charge in [0.2, 0.25) is 0 Å². The van der Waals surface area contributed by atoms with Crippen LogP contribution >= 0.6 is 22.6 Å². The van der Waals surface area contributed by atoms with Gasteiger partial charge in [-0.05, 0) is 34.7 Å². The average Bonchev–Trinajstić information content (AvgIpc) is 2.17. The van der Waals surface area contributed by atoms with E-state index in [-0.39, 0.29) is 9.64 Å². The second kappa shape index (κ2) is 4.51. The van der Waals surface area contributed by atoms with Gasteiger partial charge in [0.25, 0.3) is 5.60 Å². The van der Waals surface area contributed by atoms with Crippen molar-refractivity contribution in [2.45, 2.75) is 18.0 Å². The van der Waals surface area contributed by atoms with E-state index in [0.29, 0.717) is 12.1 Å². The predicted octanol–water partition coefficient (Wildman–Crippen LogP) is 3.74. The number of halogens is 8. The molecule has 1 rings (SSSR count). The summed E-state index contributed by atoms with van der Waals surface area (Å²) in [6.07, 6.45) is -12.0. The summed E-state index contributed by atoms with van der Waals surface area (Å²) in [6, 6.07) is 1.11. The van der Waals surface area contributed by atoms with Crippen molar-refractivity contribution in [2.75, 3.05) is 0 Å². The van der Waals surface area contributed by atoms with Crippen LogP contribution in [0.15, 0.2) is 18.2 Å². The number of benzene rings is 1. The normalized spacial score (nSPS) is 13.8. The largest absolute Gasteiger partial charge is 0.430 e. The van der Waals surface area contributed by atoms with Crippen LogP contribution in [0.4, 0.5) is 30.7 Å². The maximum atomic E-state index is 13.0. The minimum Gasteiger partial charge on any atom is -0.369 e. The first-order valence-electron chi connectivity index (χ1n) is 4.22. The topological polar surface area (TPSA) is 20.2 Å². The molecule has 9 heteroatoms. The van der Waals surface area contributed by atoms with Crippen molar-refractivity contribution in [1.82, 2.24) is 0 Å². The monoisotopic (exact) mass is 388 g/mol. The lowest BCUT2D eigenvalue weighted by molar-refractivity contribution is -0.376. The molecule has 0 amide bonds. The molecule has 0 bridgehead atoms. The van der Waals surface area contributed by atoms with Crippen molar-refractivity contribution in [3.63, 3.8) is 0 Å². The summed E-state index contributed by atoms with van der Waals surface area (Å²) in [5, 5.41) is 8.95. The molecular weight excluding hydrogens is 384 g/mol. The molecule has 0 spiro atoms. The third-order valence-corrected chi connectivity index (χ3v) is 3.03. The fourth-order valence-electron chi connectivity index (χ4n) is 1.21. The molecule has 1 aromatic rings. The van der Waals surface area contributed by atoms with Gasteiger partial charge in [-0.15, -0.1) is 0 Å². The summed E-state index contributed by atoms with van der Waals surface area (Å²) in [7, 11) is 0. The zero-order valence-corrected chi connectivity index (χ0v) is 10.4. The van der Waals surface area contributed by atoms with E-state index < -0.39 is 29.3 Å². The summed E-state index contributed by atoms with van der Waals surface area (Å²) >= 11 is 1.39. The highest BCUT2D eigenvalue weighted by Crippen LogP contribution is 2.50. The smallest absolute Gasteiger partial charge is 0.369 e. The quantitative estimate of drug-likeness (QED) is 0.574. The van der Waals surface area contributed by atoms with Crippen molar-refractivity contribution >= 4 is 22.6 Å². The van der Waals surface area contributed by atoms with Gasteiger partial charge >= 0.3 is 12.4 Å². The molecule has 0 radical (unpaired) electrons. The first-order valence-corrected chi connectivity index (χ1v) is 5.30. The summed E-state index contributed by atoms with van der Waals surface area (Å²) < 4.78 is 87.4. The Bertz CT molecular complexity index is 437. The summed E-state index contributed by atoms with van der Waals surface area (Å²) in [5.74, 6) is -1.28. The Balaban J connectivity index is 3.51.